The van der Waals surface area contributed by atoms with Gasteiger partial charge in [0.2, 0.25) is 6.33 Å². The van der Waals surface area contributed by atoms with Crippen LogP contribution in [0.2, 0.25) is 0 Å². The van der Waals surface area contributed by atoms with Crippen LogP contribution in [0.5, 0.6) is 0 Å². The van der Waals surface area contributed by atoms with Crippen LogP contribution in [-0.4, -0.2) is 4.98 Å². The summed E-state index contributed by atoms with van der Waals surface area (Å²) in [5.74, 6) is 0. The van der Waals surface area contributed by atoms with Crippen molar-refractivity contribution in [2.45, 2.75) is 26.2 Å². The molecule has 0 saturated carbocycles. The molecule has 0 bridgehead atoms. The fourth-order valence-electron chi connectivity index (χ4n) is 1.01. The fraction of sp³-hybridized carbons (Fsp3) is 0.625. The monoisotopic (exact) mass is 218 g/mol. The standard InChI is InChI=1S/C8H14N2.BrH/c1-3-4-5-8-6-10(2)7-9-8;/h6-7H,3-5H2,1-2H3;1H. The van der Waals surface area contributed by atoms with E-state index in [1.807, 2.05) is 17.9 Å². The fourth-order valence-corrected chi connectivity index (χ4v) is 1.01. The Kier molecular flexibility index (Phi) is 5.20. The number of halogens is 1. The highest BCUT2D eigenvalue weighted by molar-refractivity contribution is 4.88. The van der Waals surface area contributed by atoms with Crippen LogP contribution in [-0.2, 0) is 13.5 Å². The Morgan fingerprint density at radius 3 is 2.73 bits per heavy atom. The average Bonchev–Trinajstić information content (AvgIpc) is 2.31. The molecule has 1 heterocycles. The first-order chi connectivity index (χ1) is 4.83. The predicted molar refractivity (Wildman–Crippen MR) is 40.6 cm³/mol. The molecular formula is C8H15BrN2. The van der Waals surface area contributed by atoms with E-state index in [-0.39, 0.29) is 17.0 Å². The first-order valence-electron chi connectivity index (χ1n) is 3.85. The minimum atomic E-state index is 0. The lowest BCUT2D eigenvalue weighted by atomic mass is 10.2. The summed E-state index contributed by atoms with van der Waals surface area (Å²) in [4.78, 5) is 3.20. The van der Waals surface area contributed by atoms with Gasteiger partial charge in [-0.1, -0.05) is 13.3 Å². The van der Waals surface area contributed by atoms with Gasteiger partial charge in [0.05, 0.1) is 7.05 Å². The molecule has 1 N–H and O–H groups in total. The molecule has 3 heteroatoms. The van der Waals surface area contributed by atoms with Crippen molar-refractivity contribution in [1.29, 1.82) is 0 Å². The van der Waals surface area contributed by atoms with Crippen molar-refractivity contribution >= 4 is 0 Å². The SMILES string of the molecule is CCCCc1c[n+](C)c[nH]1.[Br-]. The van der Waals surface area contributed by atoms with Crippen LogP contribution in [0.3, 0.4) is 0 Å². The quantitative estimate of drug-likeness (QED) is 0.578. The van der Waals surface area contributed by atoms with E-state index >= 15 is 0 Å². The van der Waals surface area contributed by atoms with Gasteiger partial charge in [-0.2, -0.15) is 0 Å². The molecule has 0 saturated heterocycles. The minimum Gasteiger partial charge on any atom is -1.00 e. The third-order valence-corrected chi connectivity index (χ3v) is 1.61. The van der Waals surface area contributed by atoms with Crippen molar-refractivity contribution in [1.82, 2.24) is 4.98 Å². The van der Waals surface area contributed by atoms with Crippen LogP contribution in [0.15, 0.2) is 12.5 Å². The highest BCUT2D eigenvalue weighted by Gasteiger charge is 1.99. The van der Waals surface area contributed by atoms with E-state index in [1.165, 1.54) is 25.0 Å². The number of aromatic nitrogens is 2. The molecule has 64 valence electrons. The number of unbranched alkanes of at least 4 members (excludes halogenated alkanes) is 1. The molecule has 0 radical (unpaired) electrons. The Balaban J connectivity index is 0.000001000. The van der Waals surface area contributed by atoms with E-state index in [1.54, 1.807) is 0 Å². The summed E-state index contributed by atoms with van der Waals surface area (Å²) in [5.41, 5.74) is 1.34. The Hall–Kier alpha value is -0.310. The first-order valence-corrected chi connectivity index (χ1v) is 3.85. The molecule has 2 nitrogen and oxygen atoms in total. The largest absolute Gasteiger partial charge is 1.00 e. The van der Waals surface area contributed by atoms with E-state index in [9.17, 15) is 0 Å². The molecule has 0 aliphatic rings. The van der Waals surface area contributed by atoms with Crippen LogP contribution < -0.4 is 21.5 Å². The zero-order valence-corrected chi connectivity index (χ0v) is 8.69. The summed E-state index contributed by atoms with van der Waals surface area (Å²) in [7, 11) is 2.03. The van der Waals surface area contributed by atoms with Gasteiger partial charge in [0.25, 0.3) is 0 Å². The molecule has 0 unspecified atom stereocenters. The molecule has 11 heavy (non-hydrogen) atoms. The molecule has 1 aromatic heterocycles. The molecule has 1 aromatic rings. The second kappa shape index (κ2) is 5.35. The van der Waals surface area contributed by atoms with Crippen molar-refractivity contribution in [2.24, 2.45) is 7.05 Å². The van der Waals surface area contributed by atoms with Crippen LogP contribution in [0, 0.1) is 0 Å². The van der Waals surface area contributed by atoms with Gasteiger partial charge in [-0.15, -0.1) is 0 Å². The third-order valence-electron chi connectivity index (χ3n) is 1.61. The normalized spacial score (nSPS) is 9.27. The third kappa shape index (κ3) is 3.56. The predicted octanol–water partition coefficient (Wildman–Crippen LogP) is -1.81. The summed E-state index contributed by atoms with van der Waals surface area (Å²) < 4.78 is 2.05. The maximum atomic E-state index is 3.20. The number of nitrogens with one attached hydrogen (secondary N) is 1. The van der Waals surface area contributed by atoms with Gasteiger partial charge in [0, 0.05) is 6.42 Å². The van der Waals surface area contributed by atoms with E-state index in [4.69, 9.17) is 0 Å². The molecule has 0 spiro atoms. The van der Waals surface area contributed by atoms with Crippen LogP contribution in [0.4, 0.5) is 0 Å². The van der Waals surface area contributed by atoms with Gasteiger partial charge < -0.3 is 17.0 Å². The molecule has 1 rings (SSSR count). The Morgan fingerprint density at radius 2 is 2.27 bits per heavy atom. The highest BCUT2D eigenvalue weighted by atomic mass is 79.9. The number of rotatable bonds is 3. The average molecular weight is 219 g/mol. The molecule has 0 amide bonds. The minimum absolute atomic E-state index is 0. The van der Waals surface area contributed by atoms with Gasteiger partial charge in [-0.3, -0.25) is 0 Å². The molecule has 0 aliphatic heterocycles. The summed E-state index contributed by atoms with van der Waals surface area (Å²) in [6.45, 7) is 2.21. The van der Waals surface area contributed by atoms with Crippen molar-refractivity contribution < 1.29 is 21.5 Å². The first kappa shape index (κ1) is 10.7. The van der Waals surface area contributed by atoms with E-state index in [0.717, 1.165) is 0 Å². The van der Waals surface area contributed by atoms with Gasteiger partial charge in [0.15, 0.2) is 0 Å². The molecule has 0 aliphatic carbocycles. The van der Waals surface area contributed by atoms with Crippen LogP contribution >= 0.6 is 0 Å². The van der Waals surface area contributed by atoms with Crippen LogP contribution in [0.1, 0.15) is 25.5 Å². The molecule has 0 fully saturated rings. The number of aryl methyl sites for hydroxylation is 2. The maximum Gasteiger partial charge on any atom is 0.241 e. The van der Waals surface area contributed by atoms with Crippen molar-refractivity contribution in [3.63, 3.8) is 0 Å². The van der Waals surface area contributed by atoms with Crippen molar-refractivity contribution in [3.05, 3.63) is 18.2 Å². The number of hydrogen-bond acceptors (Lipinski definition) is 0. The Bertz CT molecular complexity index is 196. The van der Waals surface area contributed by atoms with E-state index < -0.39 is 0 Å². The maximum absolute atomic E-state index is 3.20. The summed E-state index contributed by atoms with van der Waals surface area (Å²) in [5, 5.41) is 0. The molecular weight excluding hydrogens is 204 g/mol. The summed E-state index contributed by atoms with van der Waals surface area (Å²) in [6, 6.07) is 0. The zero-order chi connectivity index (χ0) is 7.40. The lowest BCUT2D eigenvalue weighted by Crippen LogP contribution is -3.00. The van der Waals surface area contributed by atoms with E-state index in [2.05, 4.69) is 18.1 Å². The number of hydrogen-bond donors (Lipinski definition) is 1. The smallest absolute Gasteiger partial charge is 0.241 e. The number of imidazole rings is 1. The Morgan fingerprint density at radius 1 is 1.55 bits per heavy atom. The molecule has 0 aromatic carbocycles. The van der Waals surface area contributed by atoms with Gasteiger partial charge in [-0.25, -0.2) is 9.55 Å². The lowest BCUT2D eigenvalue weighted by molar-refractivity contribution is -0.670. The summed E-state index contributed by atoms with van der Waals surface area (Å²) >= 11 is 0. The van der Waals surface area contributed by atoms with E-state index in [0.29, 0.717) is 0 Å². The highest BCUT2D eigenvalue weighted by Crippen LogP contribution is 1.97. The number of H-pyrrole nitrogens is 1. The van der Waals surface area contributed by atoms with Crippen molar-refractivity contribution in [2.75, 3.05) is 0 Å². The van der Waals surface area contributed by atoms with Gasteiger partial charge in [0.1, 0.15) is 11.9 Å². The van der Waals surface area contributed by atoms with Crippen molar-refractivity contribution in [3.8, 4) is 0 Å². The second-order valence-corrected chi connectivity index (χ2v) is 2.70. The molecule has 0 atom stereocenters. The summed E-state index contributed by atoms with van der Waals surface area (Å²) in [6.07, 6.45) is 7.83. The van der Waals surface area contributed by atoms with Gasteiger partial charge in [-0.05, 0) is 6.42 Å². The van der Waals surface area contributed by atoms with Gasteiger partial charge >= 0.3 is 0 Å². The van der Waals surface area contributed by atoms with Crippen LogP contribution in [0.25, 0.3) is 0 Å². The topological polar surface area (TPSA) is 19.7 Å². The Labute approximate surface area is 78.4 Å². The number of nitrogens with zero attached hydrogens (tertiary/aromatic N) is 1. The number of aromatic amines is 1. The zero-order valence-electron chi connectivity index (χ0n) is 7.10. The lowest BCUT2D eigenvalue weighted by Gasteiger charge is -1.86. The second-order valence-electron chi connectivity index (χ2n) is 2.70.